The van der Waals surface area contributed by atoms with E-state index in [0.29, 0.717) is 18.9 Å². The maximum atomic E-state index is 11.9. The van der Waals surface area contributed by atoms with Crippen molar-refractivity contribution in [3.63, 3.8) is 0 Å². The van der Waals surface area contributed by atoms with Gasteiger partial charge in [-0.25, -0.2) is 0 Å². The fourth-order valence-corrected chi connectivity index (χ4v) is 1.69. The predicted molar refractivity (Wildman–Crippen MR) is 76.8 cm³/mol. The van der Waals surface area contributed by atoms with E-state index in [-0.39, 0.29) is 18.7 Å². The molecule has 0 radical (unpaired) electrons. The summed E-state index contributed by atoms with van der Waals surface area (Å²) in [6.45, 7) is 4.72. The largest absolute Gasteiger partial charge is 0.462 e. The van der Waals surface area contributed by atoms with Gasteiger partial charge in [0.25, 0.3) is 5.56 Å². The Morgan fingerprint density at radius 2 is 2.10 bits per heavy atom. The van der Waals surface area contributed by atoms with Crippen molar-refractivity contribution in [2.24, 2.45) is 0 Å². The number of carbonyl (C=O) groups is 1. The number of ether oxygens (including phenoxy) is 2. The number of carbonyl (C=O) groups excluding carboxylic acids is 1. The lowest BCUT2D eigenvalue weighted by molar-refractivity contribution is -0.146. The number of hydrogen-bond donors (Lipinski definition) is 0. The topological polar surface area (TPSA) is 81.3 Å². The summed E-state index contributed by atoms with van der Waals surface area (Å²) in [5.74, 6) is -0.519. The predicted octanol–water partition coefficient (Wildman–Crippen LogP) is 1.39. The van der Waals surface area contributed by atoms with E-state index in [0.717, 1.165) is 12.8 Å². The van der Waals surface area contributed by atoms with E-state index in [4.69, 9.17) is 14.7 Å². The molecule has 0 saturated heterocycles. The molecule has 0 amide bonds. The van der Waals surface area contributed by atoms with Gasteiger partial charge in [-0.05, 0) is 25.5 Å². The number of rotatable bonds is 8. The number of aryl methyl sites for hydroxylation is 1. The SMILES string of the molecule is CCCCOCCOC(=O)Cn1c(C)ccc(C#N)c1=O. The molecule has 1 aromatic rings. The smallest absolute Gasteiger partial charge is 0.326 e. The molecule has 0 N–H and O–H groups in total. The van der Waals surface area contributed by atoms with E-state index in [2.05, 4.69) is 6.92 Å². The van der Waals surface area contributed by atoms with Gasteiger partial charge >= 0.3 is 5.97 Å². The molecule has 1 rings (SSSR count). The molecular formula is C15H20N2O4. The van der Waals surface area contributed by atoms with Crippen LogP contribution in [-0.2, 0) is 20.8 Å². The summed E-state index contributed by atoms with van der Waals surface area (Å²) >= 11 is 0. The molecule has 0 fully saturated rings. The molecule has 0 aliphatic rings. The van der Waals surface area contributed by atoms with Crippen LogP contribution in [0.25, 0.3) is 0 Å². The molecule has 0 saturated carbocycles. The average Bonchev–Trinajstić information content (AvgIpc) is 2.47. The second kappa shape index (κ2) is 8.93. The molecule has 114 valence electrons. The van der Waals surface area contributed by atoms with Crippen molar-refractivity contribution < 1.29 is 14.3 Å². The molecule has 0 atom stereocenters. The van der Waals surface area contributed by atoms with E-state index >= 15 is 0 Å². The molecule has 1 heterocycles. The molecule has 6 nitrogen and oxygen atoms in total. The molecular weight excluding hydrogens is 272 g/mol. The lowest BCUT2D eigenvalue weighted by Gasteiger charge is -2.10. The van der Waals surface area contributed by atoms with Crippen LogP contribution in [0.5, 0.6) is 0 Å². The summed E-state index contributed by atoms with van der Waals surface area (Å²) in [5, 5.41) is 8.82. The Kier molecular flexibility index (Phi) is 7.19. The number of unbranched alkanes of at least 4 members (excludes halogenated alkanes) is 1. The zero-order chi connectivity index (χ0) is 15.7. The minimum Gasteiger partial charge on any atom is -0.462 e. The highest BCUT2D eigenvalue weighted by atomic mass is 16.6. The number of esters is 1. The minimum absolute atomic E-state index is 0.0105. The Balaban J connectivity index is 2.49. The molecule has 6 heteroatoms. The Labute approximate surface area is 123 Å². The third-order valence-electron chi connectivity index (χ3n) is 2.93. The van der Waals surface area contributed by atoms with Crippen LogP contribution in [-0.4, -0.2) is 30.4 Å². The van der Waals surface area contributed by atoms with Gasteiger partial charge < -0.3 is 14.0 Å². The molecule has 0 unspecified atom stereocenters. The van der Waals surface area contributed by atoms with E-state index in [1.54, 1.807) is 19.1 Å². The molecule has 0 bridgehead atoms. The fraction of sp³-hybridized carbons (Fsp3) is 0.533. The van der Waals surface area contributed by atoms with Crippen LogP contribution in [0.3, 0.4) is 0 Å². The van der Waals surface area contributed by atoms with Gasteiger partial charge in [0.15, 0.2) is 0 Å². The van der Waals surface area contributed by atoms with Crippen molar-refractivity contribution in [1.82, 2.24) is 4.57 Å². The lowest BCUT2D eigenvalue weighted by Crippen LogP contribution is -2.29. The van der Waals surface area contributed by atoms with Crippen LogP contribution in [0.15, 0.2) is 16.9 Å². The quantitative estimate of drug-likeness (QED) is 0.534. The second-order valence-corrected chi connectivity index (χ2v) is 4.58. The van der Waals surface area contributed by atoms with Crippen molar-refractivity contribution in [3.05, 3.63) is 33.7 Å². The highest BCUT2D eigenvalue weighted by molar-refractivity contribution is 5.69. The molecule has 21 heavy (non-hydrogen) atoms. The third-order valence-corrected chi connectivity index (χ3v) is 2.93. The zero-order valence-electron chi connectivity index (χ0n) is 12.4. The Morgan fingerprint density at radius 3 is 2.76 bits per heavy atom. The van der Waals surface area contributed by atoms with Gasteiger partial charge in [0.05, 0.1) is 6.61 Å². The average molecular weight is 292 g/mol. The van der Waals surface area contributed by atoms with Crippen molar-refractivity contribution >= 4 is 5.97 Å². The molecule has 0 spiro atoms. The highest BCUT2D eigenvalue weighted by Gasteiger charge is 2.10. The maximum Gasteiger partial charge on any atom is 0.326 e. The monoisotopic (exact) mass is 292 g/mol. The molecule has 0 aliphatic carbocycles. The lowest BCUT2D eigenvalue weighted by atomic mass is 10.2. The first-order valence-corrected chi connectivity index (χ1v) is 6.94. The van der Waals surface area contributed by atoms with Gasteiger partial charge in [-0.1, -0.05) is 13.3 Å². The Hall–Kier alpha value is -2.13. The second-order valence-electron chi connectivity index (χ2n) is 4.58. The van der Waals surface area contributed by atoms with Gasteiger partial charge in [-0.2, -0.15) is 5.26 Å². The Bertz CT molecular complexity index is 572. The normalized spacial score (nSPS) is 10.1. The zero-order valence-corrected chi connectivity index (χ0v) is 12.4. The number of nitriles is 1. The summed E-state index contributed by atoms with van der Waals surface area (Å²) < 4.78 is 11.5. The summed E-state index contributed by atoms with van der Waals surface area (Å²) in [4.78, 5) is 23.6. The minimum atomic E-state index is -0.519. The van der Waals surface area contributed by atoms with Gasteiger partial charge in [0, 0.05) is 12.3 Å². The van der Waals surface area contributed by atoms with Crippen LogP contribution < -0.4 is 5.56 Å². The van der Waals surface area contributed by atoms with Crippen LogP contribution in [0, 0.1) is 18.3 Å². The summed E-state index contributed by atoms with van der Waals surface area (Å²) in [5.41, 5.74) is 0.139. The molecule has 0 aliphatic heterocycles. The molecule has 1 aromatic heterocycles. The van der Waals surface area contributed by atoms with Crippen molar-refractivity contribution in [2.75, 3.05) is 19.8 Å². The van der Waals surface area contributed by atoms with Crippen molar-refractivity contribution in [2.45, 2.75) is 33.2 Å². The van der Waals surface area contributed by atoms with Crippen molar-refractivity contribution in [1.29, 1.82) is 5.26 Å². The standard InChI is InChI=1S/C15H20N2O4/c1-3-4-7-20-8-9-21-14(18)11-17-12(2)5-6-13(10-16)15(17)19/h5-6H,3-4,7-9,11H2,1-2H3. The molecule has 0 aromatic carbocycles. The number of pyridine rings is 1. The van der Waals surface area contributed by atoms with Gasteiger partial charge in [0.1, 0.15) is 24.8 Å². The third kappa shape index (κ3) is 5.40. The summed E-state index contributed by atoms with van der Waals surface area (Å²) in [7, 11) is 0. The van der Waals surface area contributed by atoms with Crippen LogP contribution in [0.2, 0.25) is 0 Å². The van der Waals surface area contributed by atoms with E-state index in [1.165, 1.54) is 10.6 Å². The van der Waals surface area contributed by atoms with Crippen LogP contribution in [0.4, 0.5) is 0 Å². The fourth-order valence-electron chi connectivity index (χ4n) is 1.69. The summed E-state index contributed by atoms with van der Waals surface area (Å²) in [6, 6.07) is 4.87. The first-order valence-electron chi connectivity index (χ1n) is 6.94. The number of hydrogen-bond acceptors (Lipinski definition) is 5. The maximum absolute atomic E-state index is 11.9. The first-order chi connectivity index (χ1) is 10.1. The van der Waals surface area contributed by atoms with Crippen LogP contribution in [0.1, 0.15) is 31.0 Å². The number of nitrogens with zero attached hydrogens (tertiary/aromatic N) is 2. The summed E-state index contributed by atoms with van der Waals surface area (Å²) in [6.07, 6.45) is 2.03. The first kappa shape index (κ1) is 16.9. The number of aromatic nitrogens is 1. The van der Waals surface area contributed by atoms with Gasteiger partial charge in [0.2, 0.25) is 0 Å². The van der Waals surface area contributed by atoms with Gasteiger partial charge in [-0.3, -0.25) is 9.59 Å². The van der Waals surface area contributed by atoms with E-state index in [1.807, 2.05) is 0 Å². The van der Waals surface area contributed by atoms with E-state index in [9.17, 15) is 9.59 Å². The van der Waals surface area contributed by atoms with E-state index < -0.39 is 11.5 Å². The van der Waals surface area contributed by atoms with Crippen LogP contribution >= 0.6 is 0 Å². The van der Waals surface area contributed by atoms with Crippen molar-refractivity contribution in [3.8, 4) is 6.07 Å². The highest BCUT2D eigenvalue weighted by Crippen LogP contribution is 1.98. The van der Waals surface area contributed by atoms with Gasteiger partial charge in [-0.15, -0.1) is 0 Å². The Morgan fingerprint density at radius 1 is 1.33 bits per heavy atom.